The van der Waals surface area contributed by atoms with Gasteiger partial charge in [0.25, 0.3) is 0 Å². The van der Waals surface area contributed by atoms with Gasteiger partial charge in [0.1, 0.15) is 4.88 Å². The molecule has 0 spiro atoms. The summed E-state index contributed by atoms with van der Waals surface area (Å²) in [5.41, 5.74) is -0.901. The van der Waals surface area contributed by atoms with Crippen molar-refractivity contribution in [3.05, 3.63) is 34.7 Å². The fourth-order valence-corrected chi connectivity index (χ4v) is 2.78. The van der Waals surface area contributed by atoms with Crippen molar-refractivity contribution >= 4 is 27.4 Å². The molecule has 6 heteroatoms. The molecule has 96 valence electrons. The summed E-state index contributed by atoms with van der Waals surface area (Å²) in [6.45, 7) is 1.60. The molecule has 1 heterocycles. The number of ether oxygens (including phenoxy) is 1. The highest BCUT2D eigenvalue weighted by molar-refractivity contribution is 7.21. The van der Waals surface area contributed by atoms with Crippen LogP contribution < -0.4 is 0 Å². The number of halogens is 3. The lowest BCUT2D eigenvalue weighted by molar-refractivity contribution is -0.136. The Morgan fingerprint density at radius 2 is 2.00 bits per heavy atom. The molecule has 0 saturated heterocycles. The monoisotopic (exact) mass is 274 g/mol. The molecule has 18 heavy (non-hydrogen) atoms. The van der Waals surface area contributed by atoms with E-state index in [1.165, 1.54) is 12.1 Å². The molecule has 0 bridgehead atoms. The maximum atomic E-state index is 13.0. The second-order valence-corrected chi connectivity index (χ2v) is 4.57. The summed E-state index contributed by atoms with van der Waals surface area (Å²) in [4.78, 5) is 11.2. The van der Waals surface area contributed by atoms with Gasteiger partial charge in [0.2, 0.25) is 0 Å². The summed E-state index contributed by atoms with van der Waals surface area (Å²) in [5, 5.41) is 0.0399. The Morgan fingerprint density at radius 1 is 1.33 bits per heavy atom. The first-order valence-electron chi connectivity index (χ1n) is 5.21. The number of benzene rings is 1. The summed E-state index contributed by atoms with van der Waals surface area (Å²) in [7, 11) is 0. The van der Waals surface area contributed by atoms with Crippen LogP contribution >= 0.6 is 11.3 Å². The molecule has 0 fully saturated rings. The molecular formula is C12H9F3O2S. The number of esters is 1. The van der Waals surface area contributed by atoms with Gasteiger partial charge in [0, 0.05) is 10.1 Å². The molecule has 0 atom stereocenters. The van der Waals surface area contributed by atoms with Gasteiger partial charge >= 0.3 is 12.1 Å². The summed E-state index contributed by atoms with van der Waals surface area (Å²) in [6.07, 6.45) is -4.57. The molecule has 0 aliphatic heterocycles. The number of rotatable bonds is 2. The highest BCUT2D eigenvalue weighted by atomic mass is 32.1. The van der Waals surface area contributed by atoms with E-state index in [9.17, 15) is 18.0 Å². The van der Waals surface area contributed by atoms with Crippen molar-refractivity contribution in [2.45, 2.75) is 13.1 Å². The minimum atomic E-state index is -4.57. The van der Waals surface area contributed by atoms with Gasteiger partial charge in [-0.1, -0.05) is 18.2 Å². The molecule has 2 aromatic rings. The first-order chi connectivity index (χ1) is 8.45. The highest BCUT2D eigenvalue weighted by Gasteiger charge is 2.39. The molecular weight excluding hydrogens is 265 g/mol. The predicted octanol–water partition coefficient (Wildman–Crippen LogP) is 4.10. The van der Waals surface area contributed by atoms with Gasteiger partial charge < -0.3 is 4.74 Å². The Morgan fingerprint density at radius 3 is 2.61 bits per heavy atom. The average Bonchev–Trinajstić information content (AvgIpc) is 2.68. The van der Waals surface area contributed by atoms with E-state index in [0.29, 0.717) is 4.70 Å². The minimum Gasteiger partial charge on any atom is -0.462 e. The SMILES string of the molecule is CCOC(=O)c1sc2ccccc2c1C(F)(F)F. The Bertz CT molecular complexity index is 587. The number of carbonyl (C=O) groups excluding carboxylic acids is 1. The van der Waals surface area contributed by atoms with Gasteiger partial charge in [-0.05, 0) is 13.0 Å². The normalized spacial score (nSPS) is 11.8. The number of carbonyl (C=O) groups is 1. The first kappa shape index (κ1) is 12.9. The van der Waals surface area contributed by atoms with Crippen LogP contribution in [0.15, 0.2) is 24.3 Å². The largest absolute Gasteiger partial charge is 0.462 e. The molecule has 1 aromatic carbocycles. The maximum absolute atomic E-state index is 13.0. The lowest BCUT2D eigenvalue weighted by Gasteiger charge is -2.08. The highest BCUT2D eigenvalue weighted by Crippen LogP contribution is 2.42. The van der Waals surface area contributed by atoms with Crippen molar-refractivity contribution in [2.24, 2.45) is 0 Å². The molecule has 0 aliphatic carbocycles. The summed E-state index contributed by atoms with van der Waals surface area (Å²) in [5.74, 6) is -0.925. The smallest absolute Gasteiger partial charge is 0.418 e. The van der Waals surface area contributed by atoms with Crippen LogP contribution in [0.25, 0.3) is 10.1 Å². The Balaban J connectivity index is 2.68. The van der Waals surface area contributed by atoms with Gasteiger partial charge in [-0.15, -0.1) is 11.3 Å². The zero-order chi connectivity index (χ0) is 13.3. The van der Waals surface area contributed by atoms with E-state index >= 15 is 0 Å². The number of thiophene rings is 1. The van der Waals surface area contributed by atoms with Crippen molar-refractivity contribution in [3.8, 4) is 0 Å². The van der Waals surface area contributed by atoms with Crippen molar-refractivity contribution in [3.63, 3.8) is 0 Å². The molecule has 0 N–H and O–H groups in total. The fraction of sp³-hybridized carbons (Fsp3) is 0.250. The van der Waals surface area contributed by atoms with Crippen LogP contribution in [-0.4, -0.2) is 12.6 Å². The van der Waals surface area contributed by atoms with Crippen molar-refractivity contribution in [2.75, 3.05) is 6.61 Å². The molecule has 2 rings (SSSR count). The average molecular weight is 274 g/mol. The van der Waals surface area contributed by atoms with Crippen LogP contribution in [0.3, 0.4) is 0 Å². The van der Waals surface area contributed by atoms with Crippen molar-refractivity contribution < 1.29 is 22.7 Å². The van der Waals surface area contributed by atoms with Crippen molar-refractivity contribution in [1.82, 2.24) is 0 Å². The summed E-state index contributed by atoms with van der Waals surface area (Å²) < 4.78 is 44.1. The first-order valence-corrected chi connectivity index (χ1v) is 6.02. The van der Waals surface area contributed by atoms with E-state index in [-0.39, 0.29) is 16.9 Å². The summed E-state index contributed by atoms with van der Waals surface area (Å²) >= 11 is 0.804. The number of fused-ring (bicyclic) bond motifs is 1. The Kier molecular flexibility index (Phi) is 3.30. The number of hydrogen-bond acceptors (Lipinski definition) is 3. The van der Waals surface area contributed by atoms with Crippen LogP contribution in [-0.2, 0) is 10.9 Å². The molecule has 0 radical (unpaired) electrons. The van der Waals surface area contributed by atoms with E-state index in [1.54, 1.807) is 19.1 Å². The van der Waals surface area contributed by atoms with E-state index in [2.05, 4.69) is 4.74 Å². The van der Waals surface area contributed by atoms with Crippen LogP contribution in [0, 0.1) is 0 Å². The van der Waals surface area contributed by atoms with Gasteiger partial charge in [-0.25, -0.2) is 4.79 Å². The Hall–Kier alpha value is -1.56. The van der Waals surface area contributed by atoms with Gasteiger partial charge in [-0.3, -0.25) is 0 Å². The third-order valence-electron chi connectivity index (χ3n) is 2.34. The summed E-state index contributed by atoms with van der Waals surface area (Å²) in [6, 6.07) is 6.06. The number of alkyl halides is 3. The second-order valence-electron chi connectivity index (χ2n) is 3.52. The molecule has 0 unspecified atom stereocenters. The van der Waals surface area contributed by atoms with Crippen molar-refractivity contribution in [1.29, 1.82) is 0 Å². The lowest BCUT2D eigenvalue weighted by Crippen LogP contribution is -2.12. The minimum absolute atomic E-state index is 0.0399. The standard InChI is InChI=1S/C12H9F3O2S/c1-2-17-11(16)10-9(12(13,14)15)7-5-3-4-6-8(7)18-10/h3-6H,2H2,1H3. The van der Waals surface area contributed by atoms with Crippen LogP contribution in [0.1, 0.15) is 22.2 Å². The third-order valence-corrected chi connectivity index (χ3v) is 3.49. The molecule has 0 saturated carbocycles. The Labute approximate surface area is 105 Å². The van der Waals surface area contributed by atoms with E-state index in [1.807, 2.05) is 0 Å². The molecule has 0 aliphatic rings. The fourth-order valence-electron chi connectivity index (χ4n) is 1.67. The van der Waals surface area contributed by atoms with Crippen LogP contribution in [0.2, 0.25) is 0 Å². The predicted molar refractivity (Wildman–Crippen MR) is 62.8 cm³/mol. The van der Waals surface area contributed by atoms with Crippen LogP contribution in [0.4, 0.5) is 13.2 Å². The van der Waals surface area contributed by atoms with Gasteiger partial charge in [-0.2, -0.15) is 13.2 Å². The van der Waals surface area contributed by atoms with Crippen LogP contribution in [0.5, 0.6) is 0 Å². The maximum Gasteiger partial charge on any atom is 0.418 e. The topological polar surface area (TPSA) is 26.3 Å². The van der Waals surface area contributed by atoms with E-state index in [0.717, 1.165) is 11.3 Å². The molecule has 0 amide bonds. The van der Waals surface area contributed by atoms with Gasteiger partial charge in [0.05, 0.1) is 12.2 Å². The van der Waals surface area contributed by atoms with E-state index < -0.39 is 17.7 Å². The zero-order valence-electron chi connectivity index (χ0n) is 9.38. The third kappa shape index (κ3) is 2.20. The van der Waals surface area contributed by atoms with Gasteiger partial charge in [0.15, 0.2) is 0 Å². The quantitative estimate of drug-likeness (QED) is 0.771. The second kappa shape index (κ2) is 4.61. The lowest BCUT2D eigenvalue weighted by atomic mass is 10.1. The zero-order valence-corrected chi connectivity index (χ0v) is 10.2. The molecule has 1 aromatic heterocycles. The number of hydrogen-bond donors (Lipinski definition) is 0. The van der Waals surface area contributed by atoms with E-state index in [4.69, 9.17) is 0 Å². The molecule has 2 nitrogen and oxygen atoms in total.